The van der Waals surface area contributed by atoms with E-state index >= 15 is 0 Å². The molecule has 2 heterocycles. The van der Waals surface area contributed by atoms with Gasteiger partial charge in [0.05, 0.1) is 5.69 Å². The first-order valence-electron chi connectivity index (χ1n) is 7.98. The van der Waals surface area contributed by atoms with Crippen LogP contribution in [-0.4, -0.2) is 26.2 Å². The lowest BCUT2D eigenvalue weighted by atomic mass is 10.2. The van der Waals surface area contributed by atoms with Gasteiger partial charge in [-0.2, -0.15) is 10.1 Å². The predicted molar refractivity (Wildman–Crippen MR) is 105 cm³/mol. The fraction of sp³-hybridized carbons (Fsp3) is 0.0526. The zero-order chi connectivity index (χ0) is 18.8. The second-order valence-electron chi connectivity index (χ2n) is 5.60. The van der Waals surface area contributed by atoms with Gasteiger partial charge in [-0.25, -0.2) is 4.68 Å². The van der Waals surface area contributed by atoms with E-state index in [1.165, 1.54) is 6.07 Å². The topological polar surface area (TPSA) is 73.8 Å². The molecule has 27 heavy (non-hydrogen) atoms. The summed E-state index contributed by atoms with van der Waals surface area (Å²) in [4.78, 5) is 17.7. The van der Waals surface area contributed by atoms with Crippen molar-refractivity contribution < 1.29 is 4.52 Å². The molecular formula is C19H13ClN4O2S. The molecule has 0 amide bonds. The zero-order valence-corrected chi connectivity index (χ0v) is 15.7. The van der Waals surface area contributed by atoms with Crippen LogP contribution in [0.4, 0.5) is 0 Å². The van der Waals surface area contributed by atoms with Crippen molar-refractivity contribution in [2.75, 3.05) is 6.26 Å². The largest absolute Gasteiger partial charge is 0.332 e. The van der Waals surface area contributed by atoms with Crippen LogP contribution in [0, 0.1) is 0 Å². The number of thioether (sulfide) groups is 1. The van der Waals surface area contributed by atoms with Gasteiger partial charge in [0.1, 0.15) is 0 Å². The van der Waals surface area contributed by atoms with E-state index in [2.05, 4.69) is 15.2 Å². The average Bonchev–Trinajstić information content (AvgIpc) is 3.19. The van der Waals surface area contributed by atoms with E-state index in [0.717, 1.165) is 16.1 Å². The fourth-order valence-corrected chi connectivity index (χ4v) is 3.00. The second-order valence-corrected chi connectivity index (χ2v) is 6.92. The van der Waals surface area contributed by atoms with Crippen LogP contribution in [0.2, 0.25) is 5.02 Å². The molecule has 0 spiro atoms. The molecule has 4 aromatic rings. The normalized spacial score (nSPS) is 10.9. The first kappa shape index (κ1) is 17.5. The molecule has 0 fully saturated rings. The van der Waals surface area contributed by atoms with E-state index in [9.17, 15) is 4.79 Å². The van der Waals surface area contributed by atoms with Crippen LogP contribution in [0.5, 0.6) is 0 Å². The maximum atomic E-state index is 12.3. The molecule has 0 aliphatic carbocycles. The summed E-state index contributed by atoms with van der Waals surface area (Å²) in [5.74, 6) is 0.480. The molecule has 6 nitrogen and oxygen atoms in total. The number of hydrogen-bond donors (Lipinski definition) is 0. The lowest BCUT2D eigenvalue weighted by Gasteiger charge is -2.05. The summed E-state index contributed by atoms with van der Waals surface area (Å²) in [5.41, 5.74) is 1.35. The predicted octanol–water partition coefficient (Wildman–Crippen LogP) is 4.32. The maximum Gasteiger partial charge on any atom is 0.282 e. The fourth-order valence-electron chi connectivity index (χ4n) is 2.47. The summed E-state index contributed by atoms with van der Waals surface area (Å²) in [7, 11) is 0. The Labute approximate surface area is 163 Å². The Kier molecular flexibility index (Phi) is 4.79. The van der Waals surface area contributed by atoms with Gasteiger partial charge in [0, 0.05) is 27.7 Å². The number of halogens is 1. The lowest BCUT2D eigenvalue weighted by Crippen LogP contribution is -2.12. The van der Waals surface area contributed by atoms with Gasteiger partial charge in [-0.3, -0.25) is 4.79 Å². The summed E-state index contributed by atoms with van der Waals surface area (Å²) < 4.78 is 6.85. The van der Waals surface area contributed by atoms with E-state index < -0.39 is 0 Å². The van der Waals surface area contributed by atoms with Gasteiger partial charge in [0.25, 0.3) is 5.89 Å². The van der Waals surface area contributed by atoms with Crippen LogP contribution >= 0.6 is 23.4 Å². The Bertz CT molecular complexity index is 1140. The van der Waals surface area contributed by atoms with Crippen molar-refractivity contribution in [3.63, 3.8) is 0 Å². The Balaban J connectivity index is 1.71. The molecular weight excluding hydrogens is 384 g/mol. The summed E-state index contributed by atoms with van der Waals surface area (Å²) in [6.07, 6.45) is 3.59. The quantitative estimate of drug-likeness (QED) is 0.478. The number of aromatic nitrogens is 4. The third-order valence-corrected chi connectivity index (χ3v) is 4.87. The standard InChI is InChI=1S/C19H13ClN4O2S/c1-27-15-8-2-12(3-9-15)18-21-19(26-23-18)17-16(25)10-11-24(22-17)14-6-4-13(20)5-7-14/h2-11H,1H3. The summed E-state index contributed by atoms with van der Waals surface area (Å²) >= 11 is 7.57. The van der Waals surface area contributed by atoms with Gasteiger partial charge in [0.15, 0.2) is 5.69 Å². The second kappa shape index (κ2) is 7.38. The van der Waals surface area contributed by atoms with Crippen molar-refractivity contribution in [2.24, 2.45) is 0 Å². The summed E-state index contributed by atoms with van der Waals surface area (Å²) in [6.45, 7) is 0. The van der Waals surface area contributed by atoms with E-state index in [0.29, 0.717) is 10.8 Å². The van der Waals surface area contributed by atoms with Crippen LogP contribution < -0.4 is 5.43 Å². The number of nitrogens with zero attached hydrogens (tertiary/aromatic N) is 4. The Morgan fingerprint density at radius 1 is 1.04 bits per heavy atom. The Morgan fingerprint density at radius 2 is 1.78 bits per heavy atom. The number of hydrogen-bond acceptors (Lipinski definition) is 6. The minimum Gasteiger partial charge on any atom is -0.332 e. The molecule has 0 aliphatic heterocycles. The molecule has 0 radical (unpaired) electrons. The first-order chi connectivity index (χ1) is 13.1. The molecule has 0 atom stereocenters. The van der Waals surface area contributed by atoms with E-state index in [4.69, 9.17) is 16.1 Å². The highest BCUT2D eigenvalue weighted by atomic mass is 35.5. The van der Waals surface area contributed by atoms with Crippen molar-refractivity contribution in [3.05, 3.63) is 76.0 Å². The van der Waals surface area contributed by atoms with Gasteiger partial charge in [-0.1, -0.05) is 16.8 Å². The van der Waals surface area contributed by atoms with Gasteiger partial charge >= 0.3 is 0 Å². The SMILES string of the molecule is CSc1ccc(-c2noc(-c3nn(-c4ccc(Cl)cc4)ccc3=O)n2)cc1. The highest BCUT2D eigenvalue weighted by Crippen LogP contribution is 2.23. The van der Waals surface area contributed by atoms with Gasteiger partial charge < -0.3 is 4.52 Å². The smallest absolute Gasteiger partial charge is 0.282 e. The van der Waals surface area contributed by atoms with Crippen LogP contribution in [0.25, 0.3) is 28.7 Å². The average molecular weight is 397 g/mol. The Hall–Kier alpha value is -2.90. The summed E-state index contributed by atoms with van der Waals surface area (Å²) in [5, 5.41) is 8.93. The molecule has 2 aromatic carbocycles. The van der Waals surface area contributed by atoms with E-state index in [-0.39, 0.29) is 17.0 Å². The third-order valence-electron chi connectivity index (χ3n) is 3.88. The lowest BCUT2D eigenvalue weighted by molar-refractivity contribution is 0.429. The highest BCUT2D eigenvalue weighted by molar-refractivity contribution is 7.98. The zero-order valence-electron chi connectivity index (χ0n) is 14.2. The molecule has 2 aromatic heterocycles. The highest BCUT2D eigenvalue weighted by Gasteiger charge is 2.16. The molecule has 0 bridgehead atoms. The molecule has 134 valence electrons. The van der Waals surface area contributed by atoms with Crippen LogP contribution in [0.3, 0.4) is 0 Å². The minimum absolute atomic E-state index is 0.0762. The monoisotopic (exact) mass is 396 g/mol. The molecule has 0 saturated heterocycles. The van der Waals surface area contributed by atoms with Crippen molar-refractivity contribution in [3.8, 4) is 28.7 Å². The van der Waals surface area contributed by atoms with Crippen molar-refractivity contribution in [2.45, 2.75) is 4.90 Å². The summed E-state index contributed by atoms with van der Waals surface area (Å²) in [6, 6.07) is 16.3. The number of rotatable bonds is 4. The van der Waals surface area contributed by atoms with Crippen molar-refractivity contribution in [1.29, 1.82) is 0 Å². The minimum atomic E-state index is -0.298. The third kappa shape index (κ3) is 3.65. The molecule has 4 rings (SSSR count). The van der Waals surface area contributed by atoms with Crippen LogP contribution in [0.15, 0.2) is 75.0 Å². The van der Waals surface area contributed by atoms with Gasteiger partial charge in [-0.05, 0) is 54.8 Å². The van der Waals surface area contributed by atoms with E-state index in [1.54, 1.807) is 46.9 Å². The molecule has 0 aliphatic rings. The molecule has 0 unspecified atom stereocenters. The van der Waals surface area contributed by atoms with E-state index in [1.807, 2.05) is 30.5 Å². The maximum absolute atomic E-state index is 12.3. The number of benzene rings is 2. The van der Waals surface area contributed by atoms with Crippen LogP contribution in [0.1, 0.15) is 0 Å². The van der Waals surface area contributed by atoms with Gasteiger partial charge in [0.2, 0.25) is 11.3 Å². The molecule has 0 N–H and O–H groups in total. The van der Waals surface area contributed by atoms with Crippen molar-refractivity contribution in [1.82, 2.24) is 19.9 Å². The molecule has 0 saturated carbocycles. The Morgan fingerprint density at radius 3 is 2.48 bits per heavy atom. The van der Waals surface area contributed by atoms with Gasteiger partial charge in [-0.15, -0.1) is 11.8 Å². The molecule has 8 heteroatoms. The first-order valence-corrected chi connectivity index (χ1v) is 9.59. The van der Waals surface area contributed by atoms with Crippen LogP contribution in [-0.2, 0) is 0 Å². The van der Waals surface area contributed by atoms with Crippen molar-refractivity contribution >= 4 is 23.4 Å².